The van der Waals surface area contributed by atoms with Gasteiger partial charge in [0.05, 0.1) is 6.16 Å². The van der Waals surface area contributed by atoms with Crippen molar-refractivity contribution in [3.05, 3.63) is 6.07 Å². The second-order valence-electron chi connectivity index (χ2n) is 12.5. The monoisotopic (exact) mass is 564 g/mol. The molecule has 1 aromatic rings. The quantitative estimate of drug-likeness (QED) is 0.171. The standard InChI is InChI=1S/C29H53N6O3P/c30-27-22-28(35-18-16-34(17-19-35)20-21-39(36,37)38)33-29(32-27)31-23-26-14-12-25(13-15-26)11-5-2-1-4-8-24-9-6-3-7-10-24/h22,24-26H,1-21,23H2,(H2,36,37,38)(H3,30,31,32,33). The highest BCUT2D eigenvalue weighted by atomic mass is 31.2. The lowest BCUT2D eigenvalue weighted by molar-refractivity contribution is 0.263. The molecule has 2 aliphatic carbocycles. The molecule has 2 heterocycles. The highest BCUT2D eigenvalue weighted by Gasteiger charge is 2.23. The minimum Gasteiger partial charge on any atom is -0.383 e. The smallest absolute Gasteiger partial charge is 0.326 e. The highest BCUT2D eigenvalue weighted by molar-refractivity contribution is 7.51. The van der Waals surface area contributed by atoms with Crippen molar-refractivity contribution in [2.45, 2.75) is 96.3 Å². The molecule has 0 bridgehead atoms. The van der Waals surface area contributed by atoms with E-state index < -0.39 is 7.60 Å². The molecular formula is C29H53N6O3P. The summed E-state index contributed by atoms with van der Waals surface area (Å²) in [7, 11) is -3.96. The average molecular weight is 565 g/mol. The molecule has 0 aromatic carbocycles. The van der Waals surface area contributed by atoms with Gasteiger partial charge in [-0.15, -0.1) is 0 Å². The zero-order valence-corrected chi connectivity index (χ0v) is 24.9. The Bertz CT molecular complexity index is 893. The first-order chi connectivity index (χ1) is 18.8. The predicted molar refractivity (Wildman–Crippen MR) is 160 cm³/mol. The van der Waals surface area contributed by atoms with Crippen LogP contribution in [0.25, 0.3) is 0 Å². The fourth-order valence-corrected chi connectivity index (χ4v) is 7.36. The van der Waals surface area contributed by atoms with Crippen LogP contribution >= 0.6 is 7.60 Å². The summed E-state index contributed by atoms with van der Waals surface area (Å²) in [6.45, 7) is 4.31. The first-order valence-electron chi connectivity index (χ1n) is 15.7. The molecule has 0 atom stereocenters. The van der Waals surface area contributed by atoms with Crippen LogP contribution < -0.4 is 16.0 Å². The third-order valence-electron chi connectivity index (χ3n) is 9.35. The summed E-state index contributed by atoms with van der Waals surface area (Å²) >= 11 is 0. The maximum atomic E-state index is 11.2. The molecule has 0 spiro atoms. The Labute approximate surface area is 235 Å². The molecule has 0 amide bonds. The number of hydrogen-bond acceptors (Lipinski definition) is 7. The number of rotatable bonds is 14. The number of piperazine rings is 1. The van der Waals surface area contributed by atoms with Gasteiger partial charge >= 0.3 is 7.60 Å². The second kappa shape index (κ2) is 15.6. The van der Waals surface area contributed by atoms with Crippen molar-refractivity contribution in [2.75, 3.05) is 61.4 Å². The number of hydrogen-bond donors (Lipinski definition) is 4. The summed E-state index contributed by atoms with van der Waals surface area (Å²) < 4.78 is 11.2. The second-order valence-corrected chi connectivity index (χ2v) is 14.2. The van der Waals surface area contributed by atoms with Crippen LogP contribution in [0.3, 0.4) is 0 Å². The SMILES string of the molecule is Nc1cc(N2CCN(CCP(=O)(O)O)CC2)nc(NCC2CCC(CCCCCCC3CCCCC3)CC2)n1. The first kappa shape index (κ1) is 30.5. The Morgan fingerprint density at radius 2 is 1.46 bits per heavy atom. The predicted octanol–water partition coefficient (Wildman–Crippen LogP) is 5.50. The lowest BCUT2D eigenvalue weighted by atomic mass is 9.79. The lowest BCUT2D eigenvalue weighted by Crippen LogP contribution is -2.47. The van der Waals surface area contributed by atoms with E-state index >= 15 is 0 Å². The Hall–Kier alpha value is -1.41. The van der Waals surface area contributed by atoms with E-state index in [-0.39, 0.29) is 6.16 Å². The maximum Gasteiger partial charge on any atom is 0.326 e. The zero-order valence-electron chi connectivity index (χ0n) is 24.0. The molecule has 0 radical (unpaired) electrons. The van der Waals surface area contributed by atoms with Gasteiger partial charge in [-0.05, 0) is 30.6 Å². The third kappa shape index (κ3) is 11.2. The molecule has 9 nitrogen and oxygen atoms in total. The molecule has 3 fully saturated rings. The fraction of sp³-hybridized carbons (Fsp3) is 0.862. The number of nitrogens with one attached hydrogen (secondary N) is 1. The van der Waals surface area contributed by atoms with E-state index in [0.29, 0.717) is 24.2 Å². The molecular weight excluding hydrogens is 511 g/mol. The van der Waals surface area contributed by atoms with Gasteiger partial charge in [0, 0.05) is 45.3 Å². The molecule has 1 saturated heterocycles. The van der Waals surface area contributed by atoms with Crippen LogP contribution in [-0.4, -0.2) is 70.1 Å². The van der Waals surface area contributed by atoms with Crippen LogP contribution in [0, 0.1) is 17.8 Å². The van der Waals surface area contributed by atoms with Gasteiger partial charge in [-0.3, -0.25) is 9.46 Å². The summed E-state index contributed by atoms with van der Waals surface area (Å²) in [4.78, 5) is 31.7. The summed E-state index contributed by atoms with van der Waals surface area (Å²) in [5.74, 6) is 4.51. The van der Waals surface area contributed by atoms with Crippen LogP contribution in [0.4, 0.5) is 17.6 Å². The van der Waals surface area contributed by atoms with Gasteiger partial charge in [-0.2, -0.15) is 9.97 Å². The van der Waals surface area contributed by atoms with Crippen molar-refractivity contribution in [3.63, 3.8) is 0 Å². The normalized spacial score (nSPS) is 23.7. The van der Waals surface area contributed by atoms with Gasteiger partial charge in [0.15, 0.2) is 0 Å². The van der Waals surface area contributed by atoms with Crippen LogP contribution in [0.2, 0.25) is 0 Å². The van der Waals surface area contributed by atoms with Crippen molar-refractivity contribution in [1.82, 2.24) is 14.9 Å². The van der Waals surface area contributed by atoms with Gasteiger partial charge in [0.1, 0.15) is 11.6 Å². The number of anilines is 3. The Morgan fingerprint density at radius 1 is 0.846 bits per heavy atom. The van der Waals surface area contributed by atoms with Crippen LogP contribution in [0.5, 0.6) is 0 Å². The summed E-state index contributed by atoms with van der Waals surface area (Å²) in [6, 6.07) is 1.82. The molecule has 1 aromatic heterocycles. The van der Waals surface area contributed by atoms with Gasteiger partial charge < -0.3 is 25.7 Å². The van der Waals surface area contributed by atoms with Gasteiger partial charge in [-0.25, -0.2) is 0 Å². The lowest BCUT2D eigenvalue weighted by Gasteiger charge is -2.35. The topological polar surface area (TPSA) is 128 Å². The zero-order chi connectivity index (χ0) is 27.5. The Morgan fingerprint density at radius 3 is 2.10 bits per heavy atom. The molecule has 4 rings (SSSR count). The van der Waals surface area contributed by atoms with Gasteiger partial charge in [0.2, 0.25) is 5.95 Å². The number of nitrogen functional groups attached to an aromatic ring is 1. The largest absolute Gasteiger partial charge is 0.383 e. The molecule has 10 heteroatoms. The number of unbranched alkanes of at least 4 members (excludes halogenated alkanes) is 3. The van der Waals surface area contributed by atoms with E-state index in [2.05, 4.69) is 20.1 Å². The maximum absolute atomic E-state index is 11.2. The van der Waals surface area contributed by atoms with Crippen LogP contribution in [0.15, 0.2) is 6.07 Å². The molecule has 0 unspecified atom stereocenters. The number of nitrogens with two attached hydrogens (primary N) is 1. The Kier molecular flexibility index (Phi) is 12.2. The molecule has 2 saturated carbocycles. The average Bonchev–Trinajstić information content (AvgIpc) is 2.93. The molecule has 222 valence electrons. The Balaban J connectivity index is 1.09. The van der Waals surface area contributed by atoms with Gasteiger partial charge in [-0.1, -0.05) is 83.5 Å². The van der Waals surface area contributed by atoms with Crippen molar-refractivity contribution in [3.8, 4) is 0 Å². The summed E-state index contributed by atoms with van der Waals surface area (Å²) in [5, 5.41) is 3.46. The minimum absolute atomic E-state index is 0.0935. The van der Waals surface area contributed by atoms with Crippen molar-refractivity contribution in [2.24, 2.45) is 17.8 Å². The summed E-state index contributed by atoms with van der Waals surface area (Å²) in [5.41, 5.74) is 6.12. The van der Waals surface area contributed by atoms with E-state index in [1.807, 2.05) is 6.07 Å². The van der Waals surface area contributed by atoms with E-state index in [9.17, 15) is 4.57 Å². The van der Waals surface area contributed by atoms with Crippen LogP contribution in [0.1, 0.15) is 96.3 Å². The highest BCUT2D eigenvalue weighted by Crippen LogP contribution is 2.34. The van der Waals surface area contributed by atoms with Gasteiger partial charge in [0.25, 0.3) is 0 Å². The minimum atomic E-state index is -3.96. The molecule has 39 heavy (non-hydrogen) atoms. The van der Waals surface area contributed by atoms with Crippen molar-refractivity contribution >= 4 is 25.2 Å². The van der Waals surface area contributed by atoms with E-state index in [1.54, 1.807) is 0 Å². The van der Waals surface area contributed by atoms with Crippen molar-refractivity contribution < 1.29 is 14.4 Å². The molecule has 5 N–H and O–H groups in total. The first-order valence-corrected chi connectivity index (χ1v) is 17.5. The number of aromatic nitrogens is 2. The van der Waals surface area contributed by atoms with E-state index in [4.69, 9.17) is 20.5 Å². The number of nitrogens with zero attached hydrogens (tertiary/aromatic N) is 4. The van der Waals surface area contributed by atoms with E-state index in [1.165, 1.54) is 96.3 Å². The third-order valence-corrected chi connectivity index (χ3v) is 10.1. The van der Waals surface area contributed by atoms with Crippen LogP contribution in [-0.2, 0) is 4.57 Å². The summed E-state index contributed by atoms with van der Waals surface area (Å²) in [6.07, 6.45) is 21.2. The molecule has 1 aliphatic heterocycles. The molecule has 3 aliphatic rings. The van der Waals surface area contributed by atoms with Crippen molar-refractivity contribution in [1.29, 1.82) is 0 Å². The van der Waals surface area contributed by atoms with E-state index in [0.717, 1.165) is 50.4 Å². The fourth-order valence-electron chi connectivity index (χ4n) is 6.82.